The second-order valence-corrected chi connectivity index (χ2v) is 5.72. The van der Waals surface area contributed by atoms with Crippen LogP contribution in [0, 0.1) is 11.8 Å². The molecule has 1 fully saturated rings. The monoisotopic (exact) mass is 286 g/mol. The van der Waals surface area contributed by atoms with Gasteiger partial charge in [-0.2, -0.15) is 0 Å². The fourth-order valence-electron chi connectivity index (χ4n) is 2.60. The minimum atomic E-state index is -1.13. The SMILES string of the molecule is CC1CCC(CCNC(=O)N[C@H](CCO)C(=O)O)CC1. The zero-order valence-corrected chi connectivity index (χ0v) is 12.1. The van der Waals surface area contributed by atoms with E-state index in [1.54, 1.807) is 0 Å². The Kier molecular flexibility index (Phi) is 7.36. The largest absolute Gasteiger partial charge is 0.480 e. The lowest BCUT2D eigenvalue weighted by Crippen LogP contribution is -2.46. The number of carboxylic acids is 1. The second kappa shape index (κ2) is 8.79. The van der Waals surface area contributed by atoms with Crippen molar-refractivity contribution < 1.29 is 19.8 Å². The number of rotatable bonds is 7. The molecule has 4 N–H and O–H groups in total. The number of hydrogen-bond acceptors (Lipinski definition) is 3. The number of hydrogen-bond donors (Lipinski definition) is 4. The van der Waals surface area contributed by atoms with Crippen LogP contribution >= 0.6 is 0 Å². The molecule has 2 amide bonds. The summed E-state index contributed by atoms with van der Waals surface area (Å²) in [5.74, 6) is 0.354. The van der Waals surface area contributed by atoms with Gasteiger partial charge >= 0.3 is 12.0 Å². The Balaban J connectivity index is 2.17. The summed E-state index contributed by atoms with van der Waals surface area (Å²) in [7, 11) is 0. The van der Waals surface area contributed by atoms with Crippen molar-refractivity contribution in [3.8, 4) is 0 Å². The van der Waals surface area contributed by atoms with Crippen molar-refractivity contribution in [1.82, 2.24) is 10.6 Å². The highest BCUT2D eigenvalue weighted by atomic mass is 16.4. The Bertz CT molecular complexity index is 314. The third-order valence-corrected chi connectivity index (χ3v) is 3.99. The number of amides is 2. The van der Waals surface area contributed by atoms with Crippen LogP contribution in [0.5, 0.6) is 0 Å². The second-order valence-electron chi connectivity index (χ2n) is 5.72. The van der Waals surface area contributed by atoms with Gasteiger partial charge in [-0.3, -0.25) is 0 Å². The minimum absolute atomic E-state index is 0.0171. The molecule has 0 spiro atoms. The summed E-state index contributed by atoms with van der Waals surface area (Å²) in [6.45, 7) is 2.57. The van der Waals surface area contributed by atoms with Crippen LogP contribution in [0.25, 0.3) is 0 Å². The quantitative estimate of drug-likeness (QED) is 0.567. The van der Waals surface area contributed by atoms with E-state index in [9.17, 15) is 9.59 Å². The highest BCUT2D eigenvalue weighted by molar-refractivity contribution is 5.82. The van der Waals surface area contributed by atoms with Crippen molar-refractivity contribution in [1.29, 1.82) is 0 Å². The number of nitrogens with one attached hydrogen (secondary N) is 2. The summed E-state index contributed by atoms with van der Waals surface area (Å²) in [5.41, 5.74) is 0. The molecule has 1 aliphatic rings. The van der Waals surface area contributed by atoms with Gasteiger partial charge in [0.1, 0.15) is 6.04 Å². The van der Waals surface area contributed by atoms with Gasteiger partial charge in [0.05, 0.1) is 0 Å². The van der Waals surface area contributed by atoms with E-state index in [1.165, 1.54) is 25.7 Å². The van der Waals surface area contributed by atoms with Crippen LogP contribution in [0.2, 0.25) is 0 Å². The minimum Gasteiger partial charge on any atom is -0.480 e. The third-order valence-electron chi connectivity index (χ3n) is 3.99. The summed E-state index contributed by atoms with van der Waals surface area (Å²) in [4.78, 5) is 22.4. The Labute approximate surface area is 119 Å². The maximum Gasteiger partial charge on any atom is 0.326 e. The molecule has 6 heteroatoms. The number of urea groups is 1. The molecule has 1 saturated carbocycles. The van der Waals surface area contributed by atoms with Gasteiger partial charge in [-0.1, -0.05) is 32.6 Å². The topological polar surface area (TPSA) is 98.7 Å². The Hall–Kier alpha value is -1.30. The molecule has 0 saturated heterocycles. The summed E-state index contributed by atoms with van der Waals surface area (Å²) < 4.78 is 0. The molecule has 1 aliphatic carbocycles. The first kappa shape index (κ1) is 16.8. The smallest absolute Gasteiger partial charge is 0.326 e. The van der Waals surface area contributed by atoms with E-state index >= 15 is 0 Å². The van der Waals surface area contributed by atoms with Gasteiger partial charge in [-0.15, -0.1) is 0 Å². The van der Waals surface area contributed by atoms with Gasteiger partial charge in [0.2, 0.25) is 0 Å². The molecule has 1 atom stereocenters. The molecule has 0 aliphatic heterocycles. The Morgan fingerprint density at radius 3 is 2.45 bits per heavy atom. The van der Waals surface area contributed by atoms with Crippen molar-refractivity contribution >= 4 is 12.0 Å². The molecule has 0 aromatic carbocycles. The van der Waals surface area contributed by atoms with Crippen molar-refractivity contribution in [2.24, 2.45) is 11.8 Å². The molecule has 1 rings (SSSR count). The fraction of sp³-hybridized carbons (Fsp3) is 0.857. The maximum atomic E-state index is 11.6. The number of aliphatic hydroxyl groups excluding tert-OH is 1. The average Bonchev–Trinajstić information content (AvgIpc) is 2.40. The number of carboxylic acid groups (broad SMARTS) is 1. The van der Waals surface area contributed by atoms with Gasteiger partial charge < -0.3 is 20.8 Å². The van der Waals surface area contributed by atoms with Gasteiger partial charge in [0.15, 0.2) is 0 Å². The van der Waals surface area contributed by atoms with E-state index in [1.807, 2.05) is 0 Å². The van der Waals surface area contributed by atoms with Crippen LogP contribution in [0.15, 0.2) is 0 Å². The normalized spacial score (nSPS) is 23.9. The van der Waals surface area contributed by atoms with E-state index in [0.717, 1.165) is 12.3 Å². The number of aliphatic hydroxyl groups is 1. The van der Waals surface area contributed by atoms with E-state index in [2.05, 4.69) is 17.6 Å². The lowest BCUT2D eigenvalue weighted by molar-refractivity contribution is -0.139. The van der Waals surface area contributed by atoms with Crippen LogP contribution in [0.3, 0.4) is 0 Å². The Morgan fingerprint density at radius 1 is 1.25 bits per heavy atom. The molecular formula is C14H26N2O4. The molecule has 0 radical (unpaired) electrons. The summed E-state index contributed by atoms with van der Waals surface area (Å²) >= 11 is 0. The van der Waals surface area contributed by atoms with Gasteiger partial charge in [-0.05, 0) is 18.3 Å². The zero-order chi connectivity index (χ0) is 15.0. The van der Waals surface area contributed by atoms with E-state index in [0.29, 0.717) is 12.5 Å². The first-order valence-electron chi connectivity index (χ1n) is 7.41. The van der Waals surface area contributed by atoms with Crippen LogP contribution in [-0.4, -0.2) is 41.4 Å². The highest BCUT2D eigenvalue weighted by Crippen LogP contribution is 2.29. The first-order chi connectivity index (χ1) is 9.52. The van der Waals surface area contributed by atoms with Crippen LogP contribution in [0.4, 0.5) is 4.79 Å². The molecule has 0 unspecified atom stereocenters. The molecule has 0 aromatic rings. The van der Waals surface area contributed by atoms with Crippen molar-refractivity contribution in [2.75, 3.05) is 13.2 Å². The predicted octanol–water partition coefficient (Wildman–Crippen LogP) is 1.34. The van der Waals surface area contributed by atoms with E-state index in [4.69, 9.17) is 10.2 Å². The predicted molar refractivity (Wildman–Crippen MR) is 75.4 cm³/mol. The number of carbonyl (C=O) groups is 2. The standard InChI is InChI=1S/C14H26N2O4/c1-10-2-4-11(5-3-10)6-8-15-14(20)16-12(7-9-17)13(18)19/h10-12,17H,2-9H2,1H3,(H,18,19)(H2,15,16,20)/t10?,11?,12-/m1/s1. The summed E-state index contributed by atoms with van der Waals surface area (Å²) in [6.07, 6.45) is 5.91. The van der Waals surface area contributed by atoms with Gasteiger partial charge in [0, 0.05) is 19.6 Å². The van der Waals surface area contributed by atoms with Gasteiger partial charge in [-0.25, -0.2) is 9.59 Å². The summed E-state index contributed by atoms with van der Waals surface area (Å²) in [6, 6.07) is -1.51. The van der Waals surface area contributed by atoms with E-state index < -0.39 is 18.0 Å². The van der Waals surface area contributed by atoms with Crippen molar-refractivity contribution in [2.45, 2.75) is 51.5 Å². The molecule has 6 nitrogen and oxygen atoms in total. The van der Waals surface area contributed by atoms with Crippen LogP contribution in [-0.2, 0) is 4.79 Å². The number of aliphatic carboxylic acids is 1. The fourth-order valence-corrected chi connectivity index (χ4v) is 2.60. The highest BCUT2D eigenvalue weighted by Gasteiger charge is 2.20. The molecule has 20 heavy (non-hydrogen) atoms. The van der Waals surface area contributed by atoms with Crippen molar-refractivity contribution in [3.05, 3.63) is 0 Å². The Morgan fingerprint density at radius 2 is 1.90 bits per heavy atom. The van der Waals surface area contributed by atoms with Crippen molar-refractivity contribution in [3.63, 3.8) is 0 Å². The molecule has 0 aromatic heterocycles. The van der Waals surface area contributed by atoms with Crippen LogP contribution in [0.1, 0.15) is 45.4 Å². The third kappa shape index (κ3) is 6.23. The lowest BCUT2D eigenvalue weighted by Gasteiger charge is -2.26. The lowest BCUT2D eigenvalue weighted by atomic mass is 9.81. The maximum absolute atomic E-state index is 11.6. The van der Waals surface area contributed by atoms with Crippen LogP contribution < -0.4 is 10.6 Å². The van der Waals surface area contributed by atoms with E-state index in [-0.39, 0.29) is 13.0 Å². The number of carbonyl (C=O) groups excluding carboxylic acids is 1. The average molecular weight is 286 g/mol. The summed E-state index contributed by atoms with van der Waals surface area (Å²) in [5, 5.41) is 22.6. The zero-order valence-electron chi connectivity index (χ0n) is 12.1. The molecule has 0 heterocycles. The molecule has 0 bridgehead atoms. The first-order valence-corrected chi connectivity index (χ1v) is 7.41. The molecule has 116 valence electrons. The van der Waals surface area contributed by atoms with Gasteiger partial charge in [0.25, 0.3) is 0 Å². The molecular weight excluding hydrogens is 260 g/mol.